The Hall–Kier alpha value is -1.36. The second kappa shape index (κ2) is 3.82. The van der Waals surface area contributed by atoms with Crippen LogP contribution in [-0.4, -0.2) is 23.9 Å². The molecule has 5 heteroatoms. The van der Waals surface area contributed by atoms with Gasteiger partial charge >= 0.3 is 6.03 Å². The average molecular weight is 309 g/mol. The van der Waals surface area contributed by atoms with Crippen LogP contribution in [0.2, 0.25) is 0 Å². The van der Waals surface area contributed by atoms with E-state index in [1.807, 2.05) is 24.3 Å². The van der Waals surface area contributed by atoms with Crippen LogP contribution in [0.1, 0.15) is 18.4 Å². The smallest absolute Gasteiger partial charge is 0.319 e. The van der Waals surface area contributed by atoms with E-state index in [2.05, 4.69) is 21.2 Å². The van der Waals surface area contributed by atoms with Crippen molar-refractivity contribution in [1.29, 1.82) is 0 Å². The van der Waals surface area contributed by atoms with Crippen molar-refractivity contribution in [3.05, 3.63) is 34.3 Å². The van der Waals surface area contributed by atoms with Crippen LogP contribution < -0.4 is 5.32 Å². The van der Waals surface area contributed by atoms with Gasteiger partial charge in [0.15, 0.2) is 0 Å². The highest BCUT2D eigenvalue weighted by Crippen LogP contribution is 2.49. The molecule has 0 aromatic heterocycles. The minimum Gasteiger partial charge on any atom is -0.319 e. The molecular formula is C13H13BrN2O2. The van der Waals surface area contributed by atoms with Gasteiger partial charge in [0, 0.05) is 11.5 Å². The van der Waals surface area contributed by atoms with E-state index in [1.165, 1.54) is 11.9 Å². The molecule has 1 atom stereocenters. The van der Waals surface area contributed by atoms with E-state index in [0.29, 0.717) is 0 Å². The van der Waals surface area contributed by atoms with E-state index < -0.39 is 5.54 Å². The molecule has 0 bridgehead atoms. The van der Waals surface area contributed by atoms with Gasteiger partial charge in [-0.1, -0.05) is 28.1 Å². The molecule has 1 aliphatic heterocycles. The predicted octanol–water partition coefficient (Wildman–Crippen LogP) is 2.24. The number of hydrogen-bond acceptors (Lipinski definition) is 2. The van der Waals surface area contributed by atoms with E-state index in [4.69, 9.17) is 0 Å². The molecule has 1 aromatic rings. The molecular weight excluding hydrogens is 296 g/mol. The quantitative estimate of drug-likeness (QED) is 0.852. The van der Waals surface area contributed by atoms with Gasteiger partial charge in [0.2, 0.25) is 0 Å². The monoisotopic (exact) mass is 308 g/mol. The lowest BCUT2D eigenvalue weighted by molar-refractivity contribution is -0.131. The molecule has 0 radical (unpaired) electrons. The van der Waals surface area contributed by atoms with Gasteiger partial charge in [-0.2, -0.15) is 0 Å². The Labute approximate surface area is 113 Å². The number of likely N-dealkylation sites (N-methyl/N-ethyl adjacent to an activating group) is 1. The maximum absolute atomic E-state index is 12.5. The van der Waals surface area contributed by atoms with Crippen LogP contribution in [0.15, 0.2) is 28.7 Å². The molecule has 1 unspecified atom stereocenters. The molecule has 0 spiro atoms. The number of imide groups is 1. The van der Waals surface area contributed by atoms with Gasteiger partial charge in [0.05, 0.1) is 0 Å². The van der Waals surface area contributed by atoms with Crippen molar-refractivity contribution in [2.24, 2.45) is 5.92 Å². The van der Waals surface area contributed by atoms with Crippen LogP contribution >= 0.6 is 15.9 Å². The van der Waals surface area contributed by atoms with Crippen LogP contribution in [-0.2, 0) is 10.3 Å². The van der Waals surface area contributed by atoms with Crippen molar-refractivity contribution in [1.82, 2.24) is 10.2 Å². The first-order chi connectivity index (χ1) is 8.55. The molecule has 1 N–H and O–H groups in total. The zero-order chi connectivity index (χ0) is 12.9. The van der Waals surface area contributed by atoms with Gasteiger partial charge in [-0.15, -0.1) is 0 Å². The summed E-state index contributed by atoms with van der Waals surface area (Å²) < 4.78 is 0.914. The lowest BCUT2D eigenvalue weighted by Crippen LogP contribution is -2.46. The number of rotatable bonds is 2. The van der Waals surface area contributed by atoms with E-state index in [9.17, 15) is 9.59 Å². The van der Waals surface area contributed by atoms with Crippen molar-refractivity contribution < 1.29 is 9.59 Å². The summed E-state index contributed by atoms with van der Waals surface area (Å²) in [6.07, 6.45) is 1.96. The van der Waals surface area contributed by atoms with Crippen molar-refractivity contribution >= 4 is 27.9 Å². The van der Waals surface area contributed by atoms with Crippen LogP contribution in [0.4, 0.5) is 4.79 Å². The molecule has 3 rings (SSSR count). The molecule has 1 aliphatic carbocycles. The third-order valence-electron chi connectivity index (χ3n) is 3.72. The van der Waals surface area contributed by atoms with Crippen molar-refractivity contribution in [3.8, 4) is 0 Å². The minimum absolute atomic E-state index is 0.145. The van der Waals surface area contributed by atoms with Gasteiger partial charge in [-0.3, -0.25) is 9.69 Å². The number of urea groups is 1. The summed E-state index contributed by atoms with van der Waals surface area (Å²) in [4.78, 5) is 25.4. The van der Waals surface area contributed by atoms with E-state index >= 15 is 0 Å². The lowest BCUT2D eigenvalue weighted by atomic mass is 9.85. The fourth-order valence-corrected chi connectivity index (χ4v) is 3.02. The zero-order valence-electron chi connectivity index (χ0n) is 9.94. The Balaban J connectivity index is 2.13. The number of carbonyl (C=O) groups excluding carboxylic acids is 2. The number of benzene rings is 1. The van der Waals surface area contributed by atoms with Crippen molar-refractivity contribution in [2.75, 3.05) is 7.05 Å². The van der Waals surface area contributed by atoms with Crippen molar-refractivity contribution in [3.63, 3.8) is 0 Å². The zero-order valence-corrected chi connectivity index (χ0v) is 11.5. The van der Waals surface area contributed by atoms with Crippen LogP contribution in [0.3, 0.4) is 0 Å². The first-order valence-corrected chi connectivity index (χ1v) is 6.71. The molecule has 18 heavy (non-hydrogen) atoms. The summed E-state index contributed by atoms with van der Waals surface area (Å²) in [7, 11) is 1.53. The molecule has 1 heterocycles. The highest BCUT2D eigenvalue weighted by molar-refractivity contribution is 9.10. The molecule has 1 saturated heterocycles. The lowest BCUT2D eigenvalue weighted by Gasteiger charge is -2.27. The van der Waals surface area contributed by atoms with E-state index in [0.717, 1.165) is 22.9 Å². The largest absolute Gasteiger partial charge is 0.325 e. The van der Waals surface area contributed by atoms with Crippen LogP contribution in [0, 0.1) is 5.92 Å². The van der Waals surface area contributed by atoms with E-state index in [1.54, 1.807) is 0 Å². The molecule has 3 amide bonds. The maximum atomic E-state index is 12.5. The number of nitrogens with one attached hydrogen (secondary N) is 1. The van der Waals surface area contributed by atoms with E-state index in [-0.39, 0.29) is 17.9 Å². The summed E-state index contributed by atoms with van der Waals surface area (Å²) >= 11 is 3.42. The average Bonchev–Trinajstić information content (AvgIpc) is 3.15. The number of hydrogen-bond donors (Lipinski definition) is 1. The normalized spacial score (nSPS) is 27.6. The Morgan fingerprint density at radius 2 is 2.11 bits per heavy atom. The summed E-state index contributed by atoms with van der Waals surface area (Å²) in [6, 6.07) is 7.30. The molecule has 2 aliphatic rings. The molecule has 2 fully saturated rings. The Morgan fingerprint density at radius 3 is 2.61 bits per heavy atom. The molecule has 1 saturated carbocycles. The third-order valence-corrected chi connectivity index (χ3v) is 4.21. The SMILES string of the molecule is CN1C(=O)NC(c2cccc(Br)c2)(C2CC2)C1=O. The second-order valence-corrected chi connectivity index (χ2v) is 5.80. The number of carbonyl (C=O) groups is 2. The predicted molar refractivity (Wildman–Crippen MR) is 69.8 cm³/mol. The highest BCUT2D eigenvalue weighted by Gasteiger charge is 2.59. The van der Waals surface area contributed by atoms with Gasteiger partial charge < -0.3 is 5.32 Å². The Morgan fingerprint density at radius 1 is 1.39 bits per heavy atom. The van der Waals surface area contributed by atoms with Crippen molar-refractivity contribution in [2.45, 2.75) is 18.4 Å². The fourth-order valence-electron chi connectivity index (χ4n) is 2.62. The fraction of sp³-hybridized carbons (Fsp3) is 0.385. The number of nitrogens with zero attached hydrogens (tertiary/aromatic N) is 1. The van der Waals surface area contributed by atoms with Crippen LogP contribution in [0.5, 0.6) is 0 Å². The topological polar surface area (TPSA) is 49.4 Å². The molecule has 94 valence electrons. The maximum Gasteiger partial charge on any atom is 0.325 e. The molecule has 1 aromatic carbocycles. The highest BCUT2D eigenvalue weighted by atomic mass is 79.9. The summed E-state index contributed by atoms with van der Waals surface area (Å²) in [5.74, 6) is 0.0706. The van der Waals surface area contributed by atoms with Gasteiger partial charge in [-0.05, 0) is 36.5 Å². The summed E-state index contributed by atoms with van der Waals surface area (Å²) in [5, 5.41) is 2.89. The first kappa shape index (κ1) is 11.7. The van der Waals surface area contributed by atoms with Gasteiger partial charge in [0.1, 0.15) is 5.54 Å². The first-order valence-electron chi connectivity index (χ1n) is 5.92. The summed E-state index contributed by atoms with van der Waals surface area (Å²) in [6.45, 7) is 0. The Kier molecular flexibility index (Phi) is 2.48. The number of halogens is 1. The molecule has 4 nitrogen and oxygen atoms in total. The second-order valence-electron chi connectivity index (χ2n) is 4.89. The third kappa shape index (κ3) is 1.50. The van der Waals surface area contributed by atoms with Crippen LogP contribution in [0.25, 0.3) is 0 Å². The minimum atomic E-state index is -0.852. The standard InChI is InChI=1S/C13H13BrN2O2/c1-16-11(17)13(8-5-6-8,15-12(16)18)9-3-2-4-10(14)7-9/h2-4,7-8H,5-6H2,1H3,(H,15,18). The van der Waals surface area contributed by atoms with Gasteiger partial charge in [0.25, 0.3) is 5.91 Å². The summed E-state index contributed by atoms with van der Waals surface area (Å²) in [5.41, 5.74) is 0.0115. The Bertz CT molecular complexity index is 542. The van der Waals surface area contributed by atoms with Gasteiger partial charge in [-0.25, -0.2) is 4.79 Å². The number of amides is 3.